The van der Waals surface area contributed by atoms with Crippen LogP contribution >= 0.6 is 0 Å². The van der Waals surface area contributed by atoms with E-state index in [9.17, 15) is 14.0 Å². The fraction of sp³-hybridized carbons (Fsp3) is 0.150. The Hall–Kier alpha value is -3.48. The first-order valence-electron chi connectivity index (χ1n) is 8.39. The minimum atomic E-state index is -0.372. The van der Waals surface area contributed by atoms with Crippen molar-refractivity contribution in [2.75, 3.05) is 5.01 Å². The number of aromatic nitrogens is 2. The number of aryl methyl sites for hydroxylation is 2. The van der Waals surface area contributed by atoms with Crippen LogP contribution in [0.15, 0.2) is 57.9 Å². The highest BCUT2D eigenvalue weighted by atomic mass is 19.1. The highest BCUT2D eigenvalue weighted by Gasteiger charge is 2.28. The van der Waals surface area contributed by atoms with Gasteiger partial charge in [-0.05, 0) is 55.0 Å². The molecule has 0 fully saturated rings. The number of halogens is 1. The Morgan fingerprint density at radius 1 is 0.963 bits per heavy atom. The second-order valence-corrected chi connectivity index (χ2v) is 6.49. The standard InChI is InChI=1S/C20H17FN4O2/c1-12-16(19(26)25(22-12)15-7-5-14(21)6-8-15)10-13-4-9-17-18(11-13)24(3)20(27)23(17)2/h4-11H,1-3H3/b16-10+. The number of hydrazone groups is 1. The minimum Gasteiger partial charge on any atom is -0.295 e. The van der Waals surface area contributed by atoms with Crippen molar-refractivity contribution in [3.63, 3.8) is 0 Å². The normalized spacial score (nSPS) is 15.9. The maximum absolute atomic E-state index is 13.1. The van der Waals surface area contributed by atoms with Gasteiger partial charge in [0, 0.05) is 14.1 Å². The van der Waals surface area contributed by atoms with Crippen molar-refractivity contribution in [3.8, 4) is 0 Å². The molecular weight excluding hydrogens is 347 g/mol. The van der Waals surface area contributed by atoms with E-state index in [0.29, 0.717) is 17.0 Å². The number of rotatable bonds is 2. The third-order valence-electron chi connectivity index (χ3n) is 4.74. The van der Waals surface area contributed by atoms with Gasteiger partial charge in [-0.3, -0.25) is 13.9 Å². The number of anilines is 1. The van der Waals surface area contributed by atoms with Crippen molar-refractivity contribution >= 4 is 34.4 Å². The van der Waals surface area contributed by atoms with E-state index in [1.807, 2.05) is 18.2 Å². The van der Waals surface area contributed by atoms with E-state index in [0.717, 1.165) is 16.6 Å². The topological polar surface area (TPSA) is 59.6 Å². The summed E-state index contributed by atoms with van der Waals surface area (Å²) in [5.74, 6) is -0.648. The Morgan fingerprint density at radius 3 is 2.33 bits per heavy atom. The van der Waals surface area contributed by atoms with Crippen LogP contribution in [-0.4, -0.2) is 20.8 Å². The summed E-state index contributed by atoms with van der Waals surface area (Å²) in [6.45, 7) is 1.75. The average molecular weight is 364 g/mol. The maximum Gasteiger partial charge on any atom is 0.328 e. The van der Waals surface area contributed by atoms with Crippen LogP contribution in [0.3, 0.4) is 0 Å². The van der Waals surface area contributed by atoms with E-state index in [1.54, 1.807) is 36.2 Å². The summed E-state index contributed by atoms with van der Waals surface area (Å²) < 4.78 is 16.3. The predicted molar refractivity (Wildman–Crippen MR) is 103 cm³/mol. The molecule has 3 aromatic rings. The van der Waals surface area contributed by atoms with E-state index < -0.39 is 0 Å². The third-order valence-corrected chi connectivity index (χ3v) is 4.74. The van der Waals surface area contributed by atoms with Gasteiger partial charge in [-0.25, -0.2) is 9.18 Å². The molecule has 0 saturated heterocycles. The Balaban J connectivity index is 1.74. The summed E-state index contributed by atoms with van der Waals surface area (Å²) in [5.41, 5.74) is 3.83. The van der Waals surface area contributed by atoms with E-state index in [1.165, 1.54) is 29.3 Å². The average Bonchev–Trinajstić information content (AvgIpc) is 3.05. The van der Waals surface area contributed by atoms with Crippen LogP contribution in [-0.2, 0) is 18.9 Å². The fourth-order valence-corrected chi connectivity index (χ4v) is 3.22. The van der Waals surface area contributed by atoms with E-state index in [-0.39, 0.29) is 17.4 Å². The number of fused-ring (bicyclic) bond motifs is 1. The number of amides is 1. The molecule has 0 unspecified atom stereocenters. The van der Waals surface area contributed by atoms with Crippen molar-refractivity contribution in [2.45, 2.75) is 6.92 Å². The third kappa shape index (κ3) is 2.68. The van der Waals surface area contributed by atoms with Crippen molar-refractivity contribution < 1.29 is 9.18 Å². The van der Waals surface area contributed by atoms with Crippen molar-refractivity contribution in [1.82, 2.24) is 9.13 Å². The van der Waals surface area contributed by atoms with Crippen molar-refractivity contribution in [3.05, 3.63) is 69.9 Å². The number of imidazole rings is 1. The lowest BCUT2D eigenvalue weighted by atomic mass is 10.1. The van der Waals surface area contributed by atoms with Gasteiger partial charge in [0.1, 0.15) is 5.82 Å². The number of carbonyl (C=O) groups is 1. The lowest BCUT2D eigenvalue weighted by molar-refractivity contribution is -0.114. The summed E-state index contributed by atoms with van der Waals surface area (Å²) in [6.07, 6.45) is 1.75. The Labute approximate surface area is 154 Å². The van der Waals surface area contributed by atoms with Crippen LogP contribution < -0.4 is 10.7 Å². The van der Waals surface area contributed by atoms with Crippen LogP contribution in [0, 0.1) is 5.82 Å². The second kappa shape index (κ2) is 6.05. The van der Waals surface area contributed by atoms with E-state index >= 15 is 0 Å². The lowest BCUT2D eigenvalue weighted by Crippen LogP contribution is -2.21. The summed E-state index contributed by atoms with van der Waals surface area (Å²) >= 11 is 0. The summed E-state index contributed by atoms with van der Waals surface area (Å²) in [4.78, 5) is 24.9. The Morgan fingerprint density at radius 2 is 1.63 bits per heavy atom. The highest BCUT2D eigenvalue weighted by molar-refractivity contribution is 6.32. The molecule has 27 heavy (non-hydrogen) atoms. The molecule has 4 rings (SSSR count). The molecule has 136 valence electrons. The van der Waals surface area contributed by atoms with Crippen LogP contribution in [0.1, 0.15) is 12.5 Å². The maximum atomic E-state index is 13.1. The fourth-order valence-electron chi connectivity index (χ4n) is 3.22. The van der Waals surface area contributed by atoms with Gasteiger partial charge in [0.15, 0.2) is 0 Å². The molecule has 0 saturated carbocycles. The van der Waals surface area contributed by atoms with Crippen LogP contribution in [0.5, 0.6) is 0 Å². The molecular formula is C20H17FN4O2. The van der Waals surface area contributed by atoms with Gasteiger partial charge in [0.2, 0.25) is 0 Å². The molecule has 0 radical (unpaired) electrons. The molecule has 1 aromatic heterocycles. The first-order valence-corrected chi connectivity index (χ1v) is 8.39. The molecule has 0 aliphatic carbocycles. The molecule has 1 amide bonds. The lowest BCUT2D eigenvalue weighted by Gasteiger charge is -2.11. The molecule has 1 aliphatic heterocycles. The smallest absolute Gasteiger partial charge is 0.295 e. The Kier molecular flexibility index (Phi) is 3.80. The molecule has 0 bridgehead atoms. The number of nitrogens with zero attached hydrogens (tertiary/aromatic N) is 4. The number of carbonyl (C=O) groups excluding carboxylic acids is 1. The van der Waals surface area contributed by atoms with Gasteiger partial charge < -0.3 is 0 Å². The van der Waals surface area contributed by atoms with Crippen molar-refractivity contribution in [2.24, 2.45) is 19.2 Å². The monoisotopic (exact) mass is 364 g/mol. The van der Waals surface area contributed by atoms with Crippen LogP contribution in [0.2, 0.25) is 0 Å². The van der Waals surface area contributed by atoms with Gasteiger partial charge in [0.05, 0.1) is 28.0 Å². The zero-order valence-corrected chi connectivity index (χ0v) is 15.1. The minimum absolute atomic E-state index is 0.105. The van der Waals surface area contributed by atoms with Gasteiger partial charge in [-0.1, -0.05) is 6.07 Å². The van der Waals surface area contributed by atoms with Gasteiger partial charge in [-0.2, -0.15) is 10.1 Å². The summed E-state index contributed by atoms with van der Waals surface area (Å²) in [6, 6.07) is 11.2. The van der Waals surface area contributed by atoms with Gasteiger partial charge in [0.25, 0.3) is 5.91 Å². The zero-order valence-electron chi connectivity index (χ0n) is 15.1. The quantitative estimate of drug-likeness (QED) is 0.657. The molecule has 0 N–H and O–H groups in total. The van der Waals surface area contributed by atoms with Gasteiger partial charge >= 0.3 is 5.69 Å². The number of hydrogen-bond acceptors (Lipinski definition) is 3. The first-order chi connectivity index (χ1) is 12.9. The second-order valence-electron chi connectivity index (χ2n) is 6.49. The van der Waals surface area contributed by atoms with Crippen LogP contribution in [0.25, 0.3) is 17.1 Å². The SMILES string of the molecule is CC1=NN(c2ccc(F)cc2)C(=O)/C1=C/c1ccc2c(c1)n(C)c(=O)n2C. The van der Waals surface area contributed by atoms with Crippen molar-refractivity contribution in [1.29, 1.82) is 0 Å². The highest BCUT2D eigenvalue weighted by Crippen LogP contribution is 2.26. The first kappa shape index (κ1) is 17.0. The zero-order chi connectivity index (χ0) is 19.3. The summed E-state index contributed by atoms with van der Waals surface area (Å²) in [5, 5.41) is 5.56. The molecule has 0 spiro atoms. The molecule has 2 aromatic carbocycles. The number of hydrogen-bond donors (Lipinski definition) is 0. The van der Waals surface area contributed by atoms with Gasteiger partial charge in [-0.15, -0.1) is 0 Å². The van der Waals surface area contributed by atoms with E-state index in [4.69, 9.17) is 0 Å². The molecule has 2 heterocycles. The predicted octanol–water partition coefficient (Wildman–Crippen LogP) is 2.82. The summed E-state index contributed by atoms with van der Waals surface area (Å²) in [7, 11) is 3.44. The number of benzene rings is 2. The van der Waals surface area contributed by atoms with E-state index in [2.05, 4.69) is 5.10 Å². The molecule has 0 atom stereocenters. The Bertz CT molecular complexity index is 1200. The molecule has 7 heteroatoms. The largest absolute Gasteiger partial charge is 0.328 e. The van der Waals surface area contributed by atoms with Crippen LogP contribution in [0.4, 0.5) is 10.1 Å². The molecule has 1 aliphatic rings. The molecule has 6 nitrogen and oxygen atoms in total.